The number of aromatic carboxylic acids is 1. The smallest absolute Gasteiger partial charge is 0.478 e. The van der Waals surface area contributed by atoms with E-state index in [4.69, 9.17) is 10.8 Å². The van der Waals surface area contributed by atoms with Crippen molar-refractivity contribution in [3.05, 3.63) is 64.7 Å². The number of nitrogens with two attached hydrogens (primary N) is 1. The van der Waals surface area contributed by atoms with Gasteiger partial charge in [-0.3, -0.25) is 4.99 Å². The van der Waals surface area contributed by atoms with E-state index in [0.29, 0.717) is 28.9 Å². The molecule has 0 radical (unpaired) electrons. The van der Waals surface area contributed by atoms with Crippen LogP contribution in [0.3, 0.4) is 0 Å². The molecule has 134 valence electrons. The highest BCUT2D eigenvalue weighted by atomic mass is 19.4. The number of halogens is 3. The van der Waals surface area contributed by atoms with Crippen molar-refractivity contribution in [1.29, 1.82) is 0 Å². The van der Waals surface area contributed by atoms with Crippen molar-refractivity contribution in [1.82, 2.24) is 0 Å². The van der Waals surface area contributed by atoms with Gasteiger partial charge in [-0.1, -0.05) is 6.07 Å². The number of aliphatic imine (C=N–C) groups is 1. The maximum atomic E-state index is 12.1. The second-order valence-electron chi connectivity index (χ2n) is 5.59. The van der Waals surface area contributed by atoms with E-state index in [2.05, 4.69) is 9.73 Å². The predicted octanol–water partition coefficient (Wildman–Crippen LogP) is 3.91. The minimum absolute atomic E-state index is 0.144. The molecule has 1 aliphatic rings. The van der Waals surface area contributed by atoms with Gasteiger partial charge in [-0.25, -0.2) is 4.79 Å². The average molecular weight is 362 g/mol. The molecule has 0 aromatic heterocycles. The molecular formula is C18H13F3N2O3. The van der Waals surface area contributed by atoms with Gasteiger partial charge in [0.1, 0.15) is 5.75 Å². The van der Waals surface area contributed by atoms with E-state index in [-0.39, 0.29) is 11.3 Å². The summed E-state index contributed by atoms with van der Waals surface area (Å²) in [4.78, 5) is 15.3. The van der Waals surface area contributed by atoms with Crippen LogP contribution in [-0.2, 0) is 6.42 Å². The summed E-state index contributed by atoms with van der Waals surface area (Å²) in [5.74, 6) is -1.37. The van der Waals surface area contributed by atoms with Crippen molar-refractivity contribution in [2.45, 2.75) is 12.8 Å². The number of carboxylic acids is 1. The molecule has 3 rings (SSSR count). The highest BCUT2D eigenvalue weighted by Gasteiger charge is 2.30. The number of fused-ring (bicyclic) bond motifs is 1. The Morgan fingerprint density at radius 2 is 1.88 bits per heavy atom. The molecule has 0 atom stereocenters. The molecule has 26 heavy (non-hydrogen) atoms. The lowest BCUT2D eigenvalue weighted by Crippen LogP contribution is -2.16. The second-order valence-corrected chi connectivity index (χ2v) is 5.59. The van der Waals surface area contributed by atoms with Gasteiger partial charge >= 0.3 is 12.3 Å². The average Bonchev–Trinajstić information content (AvgIpc) is 2.88. The summed E-state index contributed by atoms with van der Waals surface area (Å²) in [6.45, 7) is 0. The summed E-state index contributed by atoms with van der Waals surface area (Å²) in [5.41, 5.74) is 9.33. The van der Waals surface area contributed by atoms with Crippen LogP contribution in [0.2, 0.25) is 0 Å². The summed E-state index contributed by atoms with van der Waals surface area (Å²) < 4.78 is 40.2. The maximum Gasteiger partial charge on any atom is 0.573 e. The number of hydrogen-bond donors (Lipinski definition) is 2. The van der Waals surface area contributed by atoms with Crippen molar-refractivity contribution >= 4 is 23.6 Å². The summed E-state index contributed by atoms with van der Waals surface area (Å²) in [5, 5.41) is 9.05. The number of nitrogens with zero attached hydrogens (tertiary/aromatic N) is 1. The lowest BCUT2D eigenvalue weighted by atomic mass is 10.1. The zero-order valence-corrected chi connectivity index (χ0v) is 13.2. The van der Waals surface area contributed by atoms with Crippen LogP contribution < -0.4 is 10.5 Å². The van der Waals surface area contributed by atoms with Crippen LogP contribution >= 0.6 is 0 Å². The monoisotopic (exact) mass is 362 g/mol. The van der Waals surface area contributed by atoms with E-state index in [1.165, 1.54) is 42.6 Å². The third kappa shape index (κ3) is 3.85. The zero-order valence-electron chi connectivity index (χ0n) is 13.2. The Morgan fingerprint density at radius 1 is 1.19 bits per heavy atom. The molecule has 0 spiro atoms. The molecule has 0 fully saturated rings. The second kappa shape index (κ2) is 6.55. The number of carbonyl (C=O) groups is 1. The summed E-state index contributed by atoms with van der Waals surface area (Å²) in [7, 11) is 0. The zero-order chi connectivity index (χ0) is 18.9. The van der Waals surface area contributed by atoms with Gasteiger partial charge in [0.05, 0.1) is 11.3 Å². The van der Waals surface area contributed by atoms with Crippen LogP contribution in [0.15, 0.2) is 53.0 Å². The molecule has 1 aliphatic carbocycles. The van der Waals surface area contributed by atoms with Gasteiger partial charge < -0.3 is 15.6 Å². The van der Waals surface area contributed by atoms with Gasteiger partial charge in [-0.15, -0.1) is 13.2 Å². The molecule has 0 saturated carbocycles. The van der Waals surface area contributed by atoms with E-state index in [9.17, 15) is 18.0 Å². The van der Waals surface area contributed by atoms with E-state index in [1.54, 1.807) is 6.07 Å². The standard InChI is InChI=1S/C18H13F3N2O3/c19-18(20,21)26-14-5-3-13(4-6-14)23-9-12-7-10-1-2-11(17(24)25)8-15(10)16(12)22/h1-6,8-9H,7,22H2,(H,24,25). The molecule has 0 amide bonds. The van der Waals surface area contributed by atoms with Gasteiger partial charge in [0.2, 0.25) is 0 Å². The third-order valence-electron chi connectivity index (χ3n) is 3.81. The number of benzene rings is 2. The minimum Gasteiger partial charge on any atom is -0.478 e. The van der Waals surface area contributed by atoms with Gasteiger partial charge in [0.15, 0.2) is 0 Å². The SMILES string of the molecule is NC1=C(C=Nc2ccc(OC(F)(F)F)cc2)Cc2ccc(C(=O)O)cc21. The molecule has 8 heteroatoms. The molecule has 2 aromatic carbocycles. The Bertz CT molecular complexity index is 916. The van der Waals surface area contributed by atoms with E-state index in [1.807, 2.05) is 0 Å². The van der Waals surface area contributed by atoms with Gasteiger partial charge in [0.25, 0.3) is 0 Å². The first-order valence-corrected chi connectivity index (χ1v) is 7.48. The van der Waals surface area contributed by atoms with E-state index < -0.39 is 12.3 Å². The minimum atomic E-state index is -4.74. The highest BCUT2D eigenvalue weighted by Crippen LogP contribution is 2.30. The predicted molar refractivity (Wildman–Crippen MR) is 89.5 cm³/mol. The largest absolute Gasteiger partial charge is 0.573 e. The first-order valence-electron chi connectivity index (χ1n) is 7.48. The summed E-state index contributed by atoms with van der Waals surface area (Å²) in [6, 6.07) is 9.83. The Hall–Kier alpha value is -3.29. The van der Waals surface area contributed by atoms with Crippen LogP contribution in [0.1, 0.15) is 21.5 Å². The van der Waals surface area contributed by atoms with Crippen molar-refractivity contribution in [3.63, 3.8) is 0 Å². The number of ether oxygens (including phenoxy) is 1. The molecular weight excluding hydrogens is 349 g/mol. The van der Waals surface area contributed by atoms with Crippen LogP contribution in [0.25, 0.3) is 5.70 Å². The number of hydrogen-bond acceptors (Lipinski definition) is 4. The molecule has 0 bridgehead atoms. The van der Waals surface area contributed by atoms with Crippen molar-refractivity contribution < 1.29 is 27.8 Å². The van der Waals surface area contributed by atoms with Crippen molar-refractivity contribution in [2.24, 2.45) is 10.7 Å². The lowest BCUT2D eigenvalue weighted by molar-refractivity contribution is -0.274. The van der Waals surface area contributed by atoms with Crippen LogP contribution in [0.4, 0.5) is 18.9 Å². The molecule has 3 N–H and O–H groups in total. The molecule has 0 saturated heterocycles. The lowest BCUT2D eigenvalue weighted by Gasteiger charge is -2.08. The molecule has 5 nitrogen and oxygen atoms in total. The summed E-state index contributed by atoms with van der Waals surface area (Å²) in [6.07, 6.45) is -2.72. The fourth-order valence-electron chi connectivity index (χ4n) is 2.59. The fourth-order valence-corrected chi connectivity index (χ4v) is 2.59. The number of rotatable bonds is 4. The molecule has 2 aromatic rings. The van der Waals surface area contributed by atoms with E-state index in [0.717, 1.165) is 5.56 Å². The van der Waals surface area contributed by atoms with Gasteiger partial charge in [-0.05, 0) is 47.5 Å². The number of alkyl halides is 3. The van der Waals surface area contributed by atoms with E-state index >= 15 is 0 Å². The normalized spacial score (nSPS) is 14.0. The fraction of sp³-hybridized carbons (Fsp3) is 0.111. The highest BCUT2D eigenvalue weighted by molar-refractivity contribution is 5.97. The first-order chi connectivity index (χ1) is 12.2. The topological polar surface area (TPSA) is 84.9 Å². The third-order valence-corrected chi connectivity index (χ3v) is 3.81. The van der Waals surface area contributed by atoms with Crippen LogP contribution in [-0.4, -0.2) is 23.7 Å². The van der Waals surface area contributed by atoms with Crippen LogP contribution in [0.5, 0.6) is 5.75 Å². The quantitative estimate of drug-likeness (QED) is 0.808. The Balaban J connectivity index is 1.77. The number of allylic oxidation sites excluding steroid dienone is 1. The van der Waals surface area contributed by atoms with Crippen LogP contribution in [0, 0.1) is 0 Å². The first kappa shape index (κ1) is 17.5. The van der Waals surface area contributed by atoms with Crippen molar-refractivity contribution in [3.8, 4) is 5.75 Å². The Labute approximate surface area is 146 Å². The Morgan fingerprint density at radius 3 is 2.50 bits per heavy atom. The summed E-state index contributed by atoms with van der Waals surface area (Å²) >= 11 is 0. The van der Waals surface area contributed by atoms with Crippen molar-refractivity contribution in [2.75, 3.05) is 0 Å². The van der Waals surface area contributed by atoms with Gasteiger partial charge in [0, 0.05) is 23.9 Å². The molecule has 0 aliphatic heterocycles. The maximum absolute atomic E-state index is 12.1. The number of carboxylic acid groups (broad SMARTS) is 1. The molecule has 0 heterocycles. The molecule has 0 unspecified atom stereocenters. The Kier molecular flexibility index (Phi) is 4.41. The van der Waals surface area contributed by atoms with Gasteiger partial charge in [-0.2, -0.15) is 0 Å².